The van der Waals surface area contributed by atoms with Crippen molar-refractivity contribution in [2.75, 3.05) is 13.4 Å². The zero-order chi connectivity index (χ0) is 16.4. The summed E-state index contributed by atoms with van der Waals surface area (Å²) in [6.45, 7) is 0. The van der Waals surface area contributed by atoms with Crippen LogP contribution in [0.1, 0.15) is 26.3 Å². The second-order valence-electron chi connectivity index (χ2n) is 4.92. The number of fused-ring (bicyclic) bond motifs is 1. The summed E-state index contributed by atoms with van der Waals surface area (Å²) in [5.41, 5.74) is 1.58. The predicted octanol–water partition coefficient (Wildman–Crippen LogP) is 3.81. The van der Waals surface area contributed by atoms with Crippen LogP contribution >= 0.6 is 11.8 Å². The van der Waals surface area contributed by atoms with Crippen LogP contribution in [0.4, 0.5) is 0 Å². The van der Waals surface area contributed by atoms with E-state index in [2.05, 4.69) is 4.74 Å². The van der Waals surface area contributed by atoms with Crippen LogP contribution in [0.5, 0.6) is 5.75 Å². The third-order valence-electron chi connectivity index (χ3n) is 3.50. The predicted molar refractivity (Wildman–Crippen MR) is 88.9 cm³/mol. The first-order chi connectivity index (χ1) is 11.1. The first-order valence-electron chi connectivity index (χ1n) is 6.93. The van der Waals surface area contributed by atoms with E-state index in [0.29, 0.717) is 16.9 Å². The Kier molecular flexibility index (Phi) is 4.21. The fourth-order valence-corrected chi connectivity index (χ4v) is 2.69. The van der Waals surface area contributed by atoms with E-state index in [1.807, 2.05) is 30.5 Å². The molecule has 0 radical (unpaired) electrons. The Bertz CT molecular complexity index is 806. The lowest BCUT2D eigenvalue weighted by molar-refractivity contribution is 0.0600. The number of esters is 1. The number of rotatable bonds is 3. The minimum Gasteiger partial charge on any atom is -0.465 e. The van der Waals surface area contributed by atoms with Crippen LogP contribution in [0.15, 0.2) is 53.1 Å². The topological polar surface area (TPSA) is 52.6 Å². The Hall–Kier alpha value is -2.53. The molecular formula is C18H14O4S. The molecule has 0 fully saturated rings. The van der Waals surface area contributed by atoms with Crippen LogP contribution in [0.2, 0.25) is 0 Å². The molecule has 0 saturated carbocycles. The normalized spacial score (nSPS) is 14.5. The van der Waals surface area contributed by atoms with Gasteiger partial charge in [-0.25, -0.2) is 4.79 Å². The van der Waals surface area contributed by atoms with E-state index in [1.165, 1.54) is 13.2 Å². The minimum atomic E-state index is -0.481. The highest BCUT2D eigenvalue weighted by Crippen LogP contribution is 2.32. The number of carbonyl (C=O) groups excluding carboxylic acids is 2. The fraction of sp³-hybridized carbons (Fsp3) is 0.111. The van der Waals surface area contributed by atoms with Crippen molar-refractivity contribution in [3.8, 4) is 5.75 Å². The monoisotopic (exact) mass is 326 g/mol. The molecule has 0 amide bonds. The van der Waals surface area contributed by atoms with Gasteiger partial charge < -0.3 is 9.47 Å². The van der Waals surface area contributed by atoms with Crippen molar-refractivity contribution in [3.63, 3.8) is 0 Å². The highest BCUT2D eigenvalue weighted by atomic mass is 32.2. The Morgan fingerprint density at radius 1 is 1.17 bits per heavy atom. The first kappa shape index (κ1) is 15.4. The van der Waals surface area contributed by atoms with E-state index in [-0.39, 0.29) is 11.5 Å². The van der Waals surface area contributed by atoms with Gasteiger partial charge in [0.2, 0.25) is 5.78 Å². The largest absolute Gasteiger partial charge is 0.465 e. The molecular weight excluding hydrogens is 312 g/mol. The molecule has 3 rings (SSSR count). The van der Waals surface area contributed by atoms with Crippen molar-refractivity contribution >= 4 is 29.6 Å². The number of hydrogen-bond acceptors (Lipinski definition) is 5. The quantitative estimate of drug-likeness (QED) is 0.488. The lowest BCUT2D eigenvalue weighted by atomic mass is 10.1. The molecule has 2 aromatic rings. The Labute approximate surface area is 138 Å². The molecule has 116 valence electrons. The maximum atomic E-state index is 12.4. The lowest BCUT2D eigenvalue weighted by Crippen LogP contribution is -2.02. The van der Waals surface area contributed by atoms with Crippen LogP contribution in [0.3, 0.4) is 0 Å². The van der Waals surface area contributed by atoms with E-state index in [0.717, 1.165) is 10.5 Å². The number of ketones is 1. The van der Waals surface area contributed by atoms with Crippen molar-refractivity contribution in [2.45, 2.75) is 4.90 Å². The maximum absolute atomic E-state index is 12.4. The molecule has 0 aromatic heterocycles. The molecule has 0 unspecified atom stereocenters. The molecule has 0 aliphatic carbocycles. The van der Waals surface area contributed by atoms with E-state index in [9.17, 15) is 9.59 Å². The molecule has 23 heavy (non-hydrogen) atoms. The van der Waals surface area contributed by atoms with Crippen LogP contribution < -0.4 is 4.74 Å². The maximum Gasteiger partial charge on any atom is 0.337 e. The number of ether oxygens (including phenoxy) is 2. The second-order valence-corrected chi connectivity index (χ2v) is 5.80. The van der Waals surface area contributed by atoms with Gasteiger partial charge in [0.25, 0.3) is 0 Å². The van der Waals surface area contributed by atoms with Gasteiger partial charge in [0.15, 0.2) is 5.76 Å². The van der Waals surface area contributed by atoms with E-state index in [4.69, 9.17) is 4.74 Å². The van der Waals surface area contributed by atoms with Gasteiger partial charge in [-0.3, -0.25) is 4.79 Å². The number of Topliss-reactive ketones (excluding diaryl/α,β-unsaturated/α-hetero) is 1. The summed E-state index contributed by atoms with van der Waals surface area (Å²) in [5.74, 6) is -0.0149. The molecule has 0 atom stereocenters. The Morgan fingerprint density at radius 2 is 1.91 bits per heavy atom. The first-order valence-corrected chi connectivity index (χ1v) is 8.15. The number of methoxy groups -OCH3 is 1. The molecule has 0 N–H and O–H groups in total. The number of allylic oxidation sites excluding steroid dienone is 1. The SMILES string of the molecule is COC(=O)c1ccc2c(c1)C(=O)C(=Cc1ccc(SC)cc1)O2. The number of hydrogen-bond donors (Lipinski definition) is 0. The van der Waals surface area contributed by atoms with E-state index in [1.54, 1.807) is 30.0 Å². The summed E-state index contributed by atoms with van der Waals surface area (Å²) in [5, 5.41) is 0. The van der Waals surface area contributed by atoms with Crippen molar-refractivity contribution in [1.29, 1.82) is 0 Å². The third-order valence-corrected chi connectivity index (χ3v) is 4.25. The van der Waals surface area contributed by atoms with Crippen molar-refractivity contribution in [1.82, 2.24) is 0 Å². The van der Waals surface area contributed by atoms with Gasteiger partial charge in [0.1, 0.15) is 5.75 Å². The number of carbonyl (C=O) groups is 2. The summed E-state index contributed by atoms with van der Waals surface area (Å²) in [6.07, 6.45) is 3.71. The molecule has 0 bridgehead atoms. The van der Waals surface area contributed by atoms with Crippen molar-refractivity contribution in [3.05, 3.63) is 64.9 Å². The lowest BCUT2D eigenvalue weighted by Gasteiger charge is -2.01. The van der Waals surface area contributed by atoms with Gasteiger partial charge >= 0.3 is 5.97 Å². The molecule has 0 saturated heterocycles. The van der Waals surface area contributed by atoms with Crippen molar-refractivity contribution in [2.24, 2.45) is 0 Å². The standard InChI is InChI=1S/C18H14O4S/c1-21-18(20)12-5-8-15-14(10-12)17(19)16(22-15)9-11-3-6-13(23-2)7-4-11/h3-10H,1-2H3. The second kappa shape index (κ2) is 6.30. The van der Waals surface area contributed by atoms with Crippen LogP contribution in [0.25, 0.3) is 6.08 Å². The summed E-state index contributed by atoms with van der Waals surface area (Å²) >= 11 is 1.65. The molecule has 2 aromatic carbocycles. The Morgan fingerprint density at radius 3 is 2.57 bits per heavy atom. The average Bonchev–Trinajstić information content (AvgIpc) is 2.90. The van der Waals surface area contributed by atoms with Gasteiger partial charge in [0, 0.05) is 4.90 Å². The molecule has 0 spiro atoms. The highest BCUT2D eigenvalue weighted by molar-refractivity contribution is 7.98. The smallest absolute Gasteiger partial charge is 0.337 e. The zero-order valence-electron chi connectivity index (χ0n) is 12.7. The summed E-state index contributed by atoms with van der Waals surface area (Å²) < 4.78 is 10.3. The van der Waals surface area contributed by atoms with Gasteiger partial charge in [-0.1, -0.05) is 12.1 Å². The summed E-state index contributed by atoms with van der Waals surface area (Å²) in [6, 6.07) is 12.5. The summed E-state index contributed by atoms with van der Waals surface area (Å²) in [7, 11) is 1.30. The van der Waals surface area contributed by atoms with Gasteiger partial charge in [0.05, 0.1) is 18.2 Å². The zero-order valence-corrected chi connectivity index (χ0v) is 13.5. The number of thioether (sulfide) groups is 1. The molecule has 1 aliphatic heterocycles. The van der Waals surface area contributed by atoms with E-state index >= 15 is 0 Å². The highest BCUT2D eigenvalue weighted by Gasteiger charge is 2.28. The van der Waals surface area contributed by atoms with Gasteiger partial charge in [-0.15, -0.1) is 11.8 Å². The van der Waals surface area contributed by atoms with E-state index < -0.39 is 5.97 Å². The average molecular weight is 326 g/mol. The van der Waals surface area contributed by atoms with Gasteiger partial charge in [-0.05, 0) is 48.2 Å². The Balaban J connectivity index is 1.90. The van der Waals surface area contributed by atoms with Crippen molar-refractivity contribution < 1.29 is 19.1 Å². The molecule has 4 nitrogen and oxygen atoms in total. The molecule has 1 aliphatic rings. The number of benzene rings is 2. The third kappa shape index (κ3) is 3.00. The molecule has 5 heteroatoms. The summed E-state index contributed by atoms with van der Waals surface area (Å²) in [4.78, 5) is 25.1. The van der Waals surface area contributed by atoms with Crippen LogP contribution in [0, 0.1) is 0 Å². The fourth-order valence-electron chi connectivity index (χ4n) is 2.29. The molecule has 1 heterocycles. The van der Waals surface area contributed by atoms with Crippen LogP contribution in [-0.2, 0) is 4.74 Å². The van der Waals surface area contributed by atoms with Gasteiger partial charge in [-0.2, -0.15) is 0 Å². The minimum absolute atomic E-state index is 0.236. The van der Waals surface area contributed by atoms with Crippen LogP contribution in [-0.4, -0.2) is 25.1 Å².